The summed E-state index contributed by atoms with van der Waals surface area (Å²) in [5.41, 5.74) is 5.51. The molecule has 2 aromatic rings. The number of rotatable bonds is 5. The van der Waals surface area contributed by atoms with E-state index >= 15 is 0 Å². The summed E-state index contributed by atoms with van der Waals surface area (Å²) in [5.74, 6) is 10.0. The number of aliphatic hydroxyl groups excluding tert-OH is 2. The molecule has 5 rings (SSSR count). The Morgan fingerprint density at radius 1 is 1.08 bits per heavy atom. The van der Waals surface area contributed by atoms with Crippen molar-refractivity contribution in [1.29, 1.82) is 0 Å². The molecule has 0 bridgehead atoms. The minimum absolute atomic E-state index is 0.00357. The number of benzene rings is 2. The van der Waals surface area contributed by atoms with Gasteiger partial charge in [-0.1, -0.05) is 23.7 Å². The Morgan fingerprint density at radius 2 is 1.77 bits per heavy atom. The van der Waals surface area contributed by atoms with E-state index in [1.807, 2.05) is 0 Å². The summed E-state index contributed by atoms with van der Waals surface area (Å²) in [6.07, 6.45) is 2.24. The van der Waals surface area contributed by atoms with Crippen molar-refractivity contribution in [3.8, 4) is 40.9 Å². The molecule has 2 aliphatic carbocycles. The summed E-state index contributed by atoms with van der Waals surface area (Å²) in [7, 11) is 2.77. The third-order valence-electron chi connectivity index (χ3n) is 7.75. The summed E-state index contributed by atoms with van der Waals surface area (Å²) in [6.45, 7) is 1.66. The van der Waals surface area contributed by atoms with E-state index in [2.05, 4.69) is 29.0 Å². The number of phenols is 1. The van der Waals surface area contributed by atoms with Crippen molar-refractivity contribution in [2.45, 2.75) is 44.6 Å². The molecule has 6 N–H and O–H groups in total. The standard InChI is InChI=1S/C30H28N2O7/c1-15(33)30(10-11-30)22-9-7-5-4-6-8-19(34)16-12-20(35)24-25(26(16)32-22)27(36)17-13-21(38-2)18(14-31)29(39-3)23(17)28(24)37/h4-5,12-13,15,19,22,32-35H,10-11,14,31H2,1-3H3/b5-4-/t15-,19-,22+/m1/s1. The second-order valence-corrected chi connectivity index (χ2v) is 9.79. The largest absolute Gasteiger partial charge is 0.507 e. The number of hydrogen-bond donors (Lipinski definition) is 5. The number of ether oxygens (including phenoxy) is 2. The summed E-state index contributed by atoms with van der Waals surface area (Å²) in [6, 6.07) is 2.01. The smallest absolute Gasteiger partial charge is 0.202 e. The number of hydrogen-bond acceptors (Lipinski definition) is 9. The predicted octanol–water partition coefficient (Wildman–Crippen LogP) is 2.19. The fourth-order valence-electron chi connectivity index (χ4n) is 5.44. The molecule has 39 heavy (non-hydrogen) atoms. The van der Waals surface area contributed by atoms with E-state index in [0.717, 1.165) is 0 Å². The number of aromatic hydroxyl groups is 1. The van der Waals surface area contributed by atoms with E-state index in [4.69, 9.17) is 15.2 Å². The molecule has 1 aliphatic heterocycles. The Bertz CT molecular complexity index is 1560. The van der Waals surface area contributed by atoms with Crippen molar-refractivity contribution in [1.82, 2.24) is 0 Å². The van der Waals surface area contributed by atoms with E-state index in [1.165, 1.54) is 38.5 Å². The topological polar surface area (TPSA) is 151 Å². The number of allylic oxidation sites excluding steroid dienone is 2. The number of fused-ring (bicyclic) bond motifs is 4. The minimum Gasteiger partial charge on any atom is -0.507 e. The second kappa shape index (κ2) is 9.79. The van der Waals surface area contributed by atoms with Crippen LogP contribution in [0.25, 0.3) is 0 Å². The van der Waals surface area contributed by atoms with Crippen LogP contribution in [0.4, 0.5) is 5.69 Å². The van der Waals surface area contributed by atoms with Gasteiger partial charge in [0.1, 0.15) is 23.4 Å². The number of aliphatic hydroxyl groups is 2. The fraction of sp³-hybridized carbons (Fsp3) is 0.333. The molecule has 0 aromatic heterocycles. The molecule has 1 saturated carbocycles. The highest BCUT2D eigenvalue weighted by atomic mass is 16.5. The number of phenolic OH excluding ortho intramolecular Hbond substituents is 1. The van der Waals surface area contributed by atoms with Crippen molar-refractivity contribution in [3.63, 3.8) is 0 Å². The third kappa shape index (κ3) is 4.03. The second-order valence-electron chi connectivity index (χ2n) is 9.79. The van der Waals surface area contributed by atoms with Gasteiger partial charge < -0.3 is 35.8 Å². The molecule has 9 nitrogen and oxygen atoms in total. The number of ketones is 2. The Balaban J connectivity index is 1.81. The van der Waals surface area contributed by atoms with Gasteiger partial charge in [-0.3, -0.25) is 9.59 Å². The number of methoxy groups -OCH3 is 2. The molecule has 2 aromatic carbocycles. The maximum atomic E-state index is 14.2. The maximum absolute atomic E-state index is 14.2. The molecule has 0 amide bonds. The molecule has 9 heteroatoms. The highest BCUT2D eigenvalue weighted by Crippen LogP contribution is 2.53. The van der Waals surface area contributed by atoms with Crippen molar-refractivity contribution >= 4 is 17.3 Å². The van der Waals surface area contributed by atoms with Crippen LogP contribution in [0.3, 0.4) is 0 Å². The van der Waals surface area contributed by atoms with Gasteiger partial charge in [-0.15, -0.1) is 0 Å². The van der Waals surface area contributed by atoms with Crippen LogP contribution < -0.4 is 20.5 Å². The van der Waals surface area contributed by atoms with Crippen LogP contribution in [0.5, 0.6) is 17.2 Å². The summed E-state index contributed by atoms with van der Waals surface area (Å²) in [5, 5.41) is 35.9. The van der Waals surface area contributed by atoms with Crippen LogP contribution in [-0.2, 0) is 6.54 Å². The molecule has 1 heterocycles. The highest BCUT2D eigenvalue weighted by Gasteiger charge is 2.53. The van der Waals surface area contributed by atoms with Gasteiger partial charge in [0, 0.05) is 23.1 Å². The quantitative estimate of drug-likeness (QED) is 0.248. The van der Waals surface area contributed by atoms with Gasteiger partial charge in [-0.2, -0.15) is 0 Å². The van der Waals surface area contributed by atoms with Gasteiger partial charge in [-0.25, -0.2) is 0 Å². The Kier molecular flexibility index (Phi) is 6.61. The molecule has 3 atom stereocenters. The zero-order chi connectivity index (χ0) is 28.1. The van der Waals surface area contributed by atoms with Gasteiger partial charge >= 0.3 is 0 Å². The molecule has 3 aliphatic rings. The first-order chi connectivity index (χ1) is 18.7. The average Bonchev–Trinajstić information content (AvgIpc) is 3.73. The van der Waals surface area contributed by atoms with Crippen LogP contribution in [-0.4, -0.2) is 53.3 Å². The van der Waals surface area contributed by atoms with Crippen molar-refractivity contribution in [3.05, 3.63) is 57.7 Å². The van der Waals surface area contributed by atoms with Crippen LogP contribution >= 0.6 is 0 Å². The lowest BCUT2D eigenvalue weighted by atomic mass is 9.79. The monoisotopic (exact) mass is 528 g/mol. The van der Waals surface area contributed by atoms with E-state index in [-0.39, 0.29) is 51.5 Å². The van der Waals surface area contributed by atoms with Crippen molar-refractivity contribution in [2.24, 2.45) is 11.1 Å². The fourth-order valence-corrected chi connectivity index (χ4v) is 5.44. The van der Waals surface area contributed by atoms with Crippen molar-refractivity contribution < 1.29 is 34.4 Å². The van der Waals surface area contributed by atoms with E-state index in [9.17, 15) is 24.9 Å². The van der Waals surface area contributed by atoms with Gasteiger partial charge in [0.25, 0.3) is 0 Å². The molecular weight excluding hydrogens is 500 g/mol. The summed E-state index contributed by atoms with van der Waals surface area (Å²) in [4.78, 5) is 28.1. The number of nitrogens with one attached hydrogen (secondary N) is 1. The van der Waals surface area contributed by atoms with E-state index in [1.54, 1.807) is 6.92 Å². The van der Waals surface area contributed by atoms with Crippen molar-refractivity contribution in [2.75, 3.05) is 19.5 Å². The molecule has 0 spiro atoms. The normalized spacial score (nSPS) is 21.7. The first kappa shape index (κ1) is 26.3. The van der Waals surface area contributed by atoms with Gasteiger partial charge in [0.2, 0.25) is 5.78 Å². The average molecular weight is 529 g/mol. The molecule has 0 saturated heterocycles. The predicted molar refractivity (Wildman–Crippen MR) is 143 cm³/mol. The van der Waals surface area contributed by atoms with Gasteiger partial charge in [-0.05, 0) is 44.1 Å². The zero-order valence-electron chi connectivity index (χ0n) is 21.7. The molecule has 200 valence electrons. The minimum atomic E-state index is -1.42. The SMILES string of the molecule is COc1cc2c(c(OC)c1CN)C(=O)c1c(O)cc3c(c1C2=O)N[C@H](C1([C@@H](C)O)CC1)C#C/C=C\C#C[C@H]3O. The van der Waals surface area contributed by atoms with Crippen LogP contribution in [0.1, 0.15) is 68.8 Å². The van der Waals surface area contributed by atoms with Crippen LogP contribution in [0, 0.1) is 29.1 Å². The lowest BCUT2D eigenvalue weighted by Crippen LogP contribution is -2.38. The molecular formula is C30H28N2O7. The van der Waals surface area contributed by atoms with E-state index < -0.39 is 41.0 Å². The summed E-state index contributed by atoms with van der Waals surface area (Å²) >= 11 is 0. The number of carbonyl (C=O) groups excluding carboxylic acids is 2. The number of anilines is 1. The lowest BCUT2D eigenvalue weighted by molar-refractivity contribution is 0.0973. The third-order valence-corrected chi connectivity index (χ3v) is 7.75. The zero-order valence-corrected chi connectivity index (χ0v) is 21.7. The van der Waals surface area contributed by atoms with Gasteiger partial charge in [0.15, 0.2) is 5.78 Å². The maximum Gasteiger partial charge on any atom is 0.202 e. The Hall–Kier alpha value is -4.28. The molecule has 0 radical (unpaired) electrons. The first-order valence-electron chi connectivity index (χ1n) is 12.5. The number of nitrogens with two attached hydrogens (primary N) is 1. The van der Waals surface area contributed by atoms with Crippen LogP contribution in [0.15, 0.2) is 24.3 Å². The summed E-state index contributed by atoms with van der Waals surface area (Å²) < 4.78 is 11.0. The Labute approximate surface area is 225 Å². The van der Waals surface area contributed by atoms with Gasteiger partial charge in [0.05, 0.1) is 54.3 Å². The molecule has 0 unspecified atom stereocenters. The Morgan fingerprint density at radius 3 is 2.36 bits per heavy atom. The first-order valence-corrected chi connectivity index (χ1v) is 12.5. The highest BCUT2D eigenvalue weighted by molar-refractivity contribution is 6.32. The number of carbonyl (C=O) groups is 2. The molecule has 1 fully saturated rings. The lowest BCUT2D eigenvalue weighted by Gasteiger charge is -2.31. The van der Waals surface area contributed by atoms with Crippen LogP contribution in [0.2, 0.25) is 0 Å². The van der Waals surface area contributed by atoms with E-state index in [0.29, 0.717) is 18.4 Å².